The van der Waals surface area contributed by atoms with Crippen LogP contribution in [0.3, 0.4) is 0 Å². The Labute approximate surface area is 264 Å². The Kier molecular flexibility index (Phi) is 2.25. The van der Waals surface area contributed by atoms with E-state index in [0.29, 0.717) is 17.8 Å². The molecule has 0 heterocycles. The molecule has 12 aromatic carbocycles. The summed E-state index contributed by atoms with van der Waals surface area (Å²) in [6.45, 7) is 0. The van der Waals surface area contributed by atoms with Crippen LogP contribution in [0.25, 0.3) is 108 Å². The summed E-state index contributed by atoms with van der Waals surface area (Å²) < 4.78 is 15.0. The van der Waals surface area contributed by atoms with Gasteiger partial charge in [0.1, 0.15) is 5.82 Å². The highest BCUT2D eigenvalue weighted by Crippen LogP contribution is 2.81. The van der Waals surface area contributed by atoms with E-state index in [9.17, 15) is 0 Å². The van der Waals surface area contributed by atoms with Gasteiger partial charge in [-0.2, -0.15) is 0 Å². The zero-order valence-electron chi connectivity index (χ0n) is 25.1. The Hall–Kier alpha value is -5.01. The Morgan fingerprint density at radius 2 is 1.17 bits per heavy atom. The van der Waals surface area contributed by atoms with Crippen molar-refractivity contribution in [1.29, 1.82) is 0 Å². The van der Waals surface area contributed by atoms with Gasteiger partial charge in [-0.3, -0.25) is 0 Å². The van der Waals surface area contributed by atoms with E-state index in [2.05, 4.69) is 30.3 Å². The van der Waals surface area contributed by atoms with Crippen molar-refractivity contribution in [2.24, 2.45) is 0 Å². The van der Waals surface area contributed by atoms with E-state index >= 15 is 4.39 Å². The van der Waals surface area contributed by atoms with Crippen LogP contribution in [0.15, 0.2) is 48.5 Å². The zero-order chi connectivity index (χ0) is 29.0. The summed E-state index contributed by atoms with van der Waals surface area (Å²) in [4.78, 5) is 0. The fourth-order valence-electron chi connectivity index (χ4n) is 15.1. The van der Waals surface area contributed by atoms with E-state index in [-0.39, 0.29) is 11.2 Å². The maximum Gasteiger partial charge on any atom is 0.123 e. The molecule has 12 aromatic rings. The first-order valence-electron chi connectivity index (χ1n) is 17.8. The standard InChI is InChI=1S/C46H19F/c47-21-3-1-2-13(10-21)43-44-22-11-19-8-16-6-17-5-14-4-15-7-18-9-20-12-46(43,44)45-29(20)34-28(18)33-24(15)23(14)31-27(17)32-25(16)26(19)35-30(22)42(45)41-39(34)37(33)36(31)38(32)40(35)41/h1-3,6-7,9-11,14,43-44H,4-5,8,12H2. The van der Waals surface area contributed by atoms with E-state index in [1.54, 1.807) is 153 Å². The van der Waals surface area contributed by atoms with Crippen molar-refractivity contribution in [3.8, 4) is 0 Å². The molecule has 47 heavy (non-hydrogen) atoms. The van der Waals surface area contributed by atoms with E-state index in [1.165, 1.54) is 23.8 Å². The minimum absolute atomic E-state index is 0.0206. The van der Waals surface area contributed by atoms with Gasteiger partial charge in [-0.15, -0.1) is 0 Å². The lowest BCUT2D eigenvalue weighted by atomic mass is 9.80. The Balaban J connectivity index is 1.27. The van der Waals surface area contributed by atoms with Crippen molar-refractivity contribution in [2.45, 2.75) is 48.9 Å². The summed E-state index contributed by atoms with van der Waals surface area (Å²) in [6.07, 6.45) is 4.52. The molecule has 0 aliphatic heterocycles. The van der Waals surface area contributed by atoms with Crippen molar-refractivity contribution in [3.63, 3.8) is 0 Å². The number of fused-ring (bicyclic) bond motifs is 1. The molecule has 210 valence electrons. The van der Waals surface area contributed by atoms with E-state index < -0.39 is 0 Å². The molecule has 0 nitrogen and oxygen atoms in total. The van der Waals surface area contributed by atoms with Gasteiger partial charge in [0.2, 0.25) is 0 Å². The van der Waals surface area contributed by atoms with Crippen LogP contribution in [0.5, 0.6) is 0 Å². The number of benzene rings is 9. The topological polar surface area (TPSA) is 0 Å². The highest BCUT2D eigenvalue weighted by molar-refractivity contribution is 6.63. The SMILES string of the molecule is Fc1cccc(C2C3c4cc5c6c7c(cc8c9c%10c%11c%12c(cc%13cc%14c%15c(c%16c4c6c4c%16c6c%15c%13c%12c6c%10c4c79)C23C%14)CC%11C8)C5)c1. The third-order valence-corrected chi connectivity index (χ3v) is 15.9. The van der Waals surface area contributed by atoms with Gasteiger partial charge in [-0.1, -0.05) is 36.4 Å². The smallest absolute Gasteiger partial charge is 0.123 e. The molecule has 1 saturated carbocycles. The molecule has 6 aliphatic carbocycles. The number of hydrogen-bond donors (Lipinski definition) is 0. The van der Waals surface area contributed by atoms with Gasteiger partial charge in [-0.25, -0.2) is 4.39 Å². The summed E-state index contributed by atoms with van der Waals surface area (Å²) in [7, 11) is 0. The summed E-state index contributed by atoms with van der Waals surface area (Å²) >= 11 is 0. The first kappa shape index (κ1) is 20.3. The molecule has 4 unspecified atom stereocenters. The molecule has 6 aliphatic rings. The first-order valence-corrected chi connectivity index (χ1v) is 17.8. The summed E-state index contributed by atoms with van der Waals surface area (Å²) in [5, 5.41) is 32.1. The molecule has 0 aromatic heterocycles. The normalized spacial score (nSPS) is 25.9. The number of halogens is 1. The Bertz CT molecular complexity index is 3650. The Morgan fingerprint density at radius 1 is 0.511 bits per heavy atom. The number of rotatable bonds is 1. The maximum absolute atomic E-state index is 15.0. The molecular weight excluding hydrogens is 572 g/mol. The van der Waals surface area contributed by atoms with Gasteiger partial charge in [0.15, 0.2) is 0 Å². The van der Waals surface area contributed by atoms with Gasteiger partial charge in [-0.05, 0) is 202 Å². The van der Waals surface area contributed by atoms with Crippen molar-refractivity contribution in [1.82, 2.24) is 0 Å². The molecular formula is C46H19F. The largest absolute Gasteiger partial charge is 0.207 e. The predicted octanol–water partition coefficient (Wildman–Crippen LogP) is 11.2. The van der Waals surface area contributed by atoms with Crippen LogP contribution >= 0.6 is 0 Å². The maximum atomic E-state index is 15.0. The number of hydrogen-bond acceptors (Lipinski definition) is 0. The van der Waals surface area contributed by atoms with Crippen molar-refractivity contribution >= 4 is 108 Å². The lowest BCUT2D eigenvalue weighted by molar-refractivity contribution is 0.622. The molecule has 0 radical (unpaired) electrons. The summed E-state index contributed by atoms with van der Waals surface area (Å²) in [5.41, 5.74) is 14.1. The molecule has 4 atom stereocenters. The quantitative estimate of drug-likeness (QED) is 0.167. The molecule has 0 bridgehead atoms. The first-order chi connectivity index (χ1) is 23.2. The summed E-state index contributed by atoms with van der Waals surface area (Å²) in [5.74, 6) is 1.23. The van der Waals surface area contributed by atoms with Crippen LogP contribution in [0.2, 0.25) is 0 Å². The lowest BCUT2D eigenvalue weighted by Gasteiger charge is -2.22. The second kappa shape index (κ2) is 5.23. The molecule has 0 saturated heterocycles. The van der Waals surface area contributed by atoms with Crippen molar-refractivity contribution < 1.29 is 4.39 Å². The minimum Gasteiger partial charge on any atom is -0.207 e. The van der Waals surface area contributed by atoms with Gasteiger partial charge < -0.3 is 0 Å². The van der Waals surface area contributed by atoms with Crippen LogP contribution in [0, 0.1) is 5.82 Å². The second-order valence-corrected chi connectivity index (χ2v) is 17.0. The van der Waals surface area contributed by atoms with Gasteiger partial charge >= 0.3 is 0 Å². The van der Waals surface area contributed by atoms with E-state index in [0.717, 1.165) is 12.8 Å². The average Bonchev–Trinajstić information content (AvgIpc) is 3.67. The molecule has 0 N–H and O–H groups in total. The Morgan fingerprint density at radius 3 is 2.02 bits per heavy atom. The average molecular weight is 591 g/mol. The molecule has 1 spiro atoms. The minimum atomic E-state index is -0.0977. The zero-order valence-corrected chi connectivity index (χ0v) is 25.1. The van der Waals surface area contributed by atoms with Gasteiger partial charge in [0, 0.05) is 17.3 Å². The third kappa shape index (κ3) is 1.47. The van der Waals surface area contributed by atoms with Crippen LogP contribution in [-0.2, 0) is 31.1 Å². The third-order valence-electron chi connectivity index (χ3n) is 15.9. The van der Waals surface area contributed by atoms with E-state index in [4.69, 9.17) is 0 Å². The van der Waals surface area contributed by atoms with Crippen LogP contribution in [0.4, 0.5) is 4.39 Å². The monoisotopic (exact) mass is 590 g/mol. The summed E-state index contributed by atoms with van der Waals surface area (Å²) in [6, 6.07) is 18.3. The van der Waals surface area contributed by atoms with Crippen molar-refractivity contribution in [2.75, 3.05) is 0 Å². The fraction of sp³-hybridized carbons (Fsp3) is 0.174. The van der Waals surface area contributed by atoms with Crippen LogP contribution < -0.4 is 0 Å². The highest BCUT2D eigenvalue weighted by atomic mass is 19.1. The van der Waals surface area contributed by atoms with Crippen LogP contribution in [-0.4, -0.2) is 0 Å². The van der Waals surface area contributed by atoms with Crippen LogP contribution in [0.1, 0.15) is 67.8 Å². The molecule has 1 fully saturated rings. The molecule has 1 heteroatoms. The molecule has 0 amide bonds. The van der Waals surface area contributed by atoms with Gasteiger partial charge in [0.25, 0.3) is 0 Å². The second-order valence-electron chi connectivity index (χ2n) is 17.0. The highest BCUT2D eigenvalue weighted by Gasteiger charge is 2.71. The fourth-order valence-corrected chi connectivity index (χ4v) is 15.1. The van der Waals surface area contributed by atoms with Gasteiger partial charge in [0.05, 0.1) is 0 Å². The molecule has 18 rings (SSSR count). The lowest BCUT2D eigenvalue weighted by Crippen LogP contribution is -2.13. The predicted molar refractivity (Wildman–Crippen MR) is 190 cm³/mol. The van der Waals surface area contributed by atoms with E-state index in [1.807, 2.05) is 12.1 Å². The van der Waals surface area contributed by atoms with Crippen molar-refractivity contribution in [3.05, 3.63) is 104 Å².